The number of amides is 1. The summed E-state index contributed by atoms with van der Waals surface area (Å²) in [5, 5.41) is 0.703. The molecule has 4 rings (SSSR count). The fourth-order valence-corrected chi connectivity index (χ4v) is 3.38. The molecule has 1 aromatic carbocycles. The smallest absolute Gasteiger partial charge is 0.246 e. The van der Waals surface area contributed by atoms with Gasteiger partial charge in [0.1, 0.15) is 5.82 Å². The number of nitrogen functional groups attached to an aromatic ring is 1. The van der Waals surface area contributed by atoms with E-state index in [1.165, 1.54) is 0 Å². The monoisotopic (exact) mass is 409 g/mol. The van der Waals surface area contributed by atoms with E-state index < -0.39 is 0 Å². The van der Waals surface area contributed by atoms with E-state index >= 15 is 0 Å². The lowest BCUT2D eigenvalue weighted by atomic mass is 10.2. The highest BCUT2D eigenvalue weighted by molar-refractivity contribution is 5.92. The van der Waals surface area contributed by atoms with Gasteiger partial charge in [0, 0.05) is 49.3 Å². The lowest BCUT2D eigenvalue weighted by molar-refractivity contribution is -0.126. The van der Waals surface area contributed by atoms with Crippen molar-refractivity contribution in [1.29, 1.82) is 0 Å². The third-order valence-corrected chi connectivity index (χ3v) is 5.05. The second-order valence-electron chi connectivity index (χ2n) is 6.84. The molecule has 9 nitrogen and oxygen atoms in total. The zero-order valence-corrected chi connectivity index (χ0v) is 16.9. The van der Waals surface area contributed by atoms with Crippen molar-refractivity contribution < 1.29 is 18.7 Å². The summed E-state index contributed by atoms with van der Waals surface area (Å²) in [6.07, 6.45) is 6.47. The van der Waals surface area contributed by atoms with Crippen molar-refractivity contribution in [2.75, 3.05) is 51.0 Å². The molecule has 0 bridgehead atoms. The van der Waals surface area contributed by atoms with Gasteiger partial charge in [0.05, 0.1) is 32.3 Å². The second-order valence-corrected chi connectivity index (χ2v) is 6.84. The quantitative estimate of drug-likeness (QED) is 0.639. The Morgan fingerprint density at radius 3 is 2.53 bits per heavy atom. The topological polar surface area (TPSA) is 107 Å². The predicted molar refractivity (Wildman–Crippen MR) is 114 cm³/mol. The maximum atomic E-state index is 12.4. The molecule has 0 atom stereocenters. The van der Waals surface area contributed by atoms with Crippen LogP contribution in [0.3, 0.4) is 0 Å². The fraction of sp³-hybridized carbons (Fsp3) is 0.286. The number of piperazine rings is 1. The molecule has 0 aliphatic carbocycles. The van der Waals surface area contributed by atoms with Gasteiger partial charge in [-0.2, -0.15) is 4.98 Å². The molecule has 156 valence electrons. The molecule has 1 fully saturated rings. The third-order valence-electron chi connectivity index (χ3n) is 5.05. The first-order valence-corrected chi connectivity index (χ1v) is 9.52. The number of methoxy groups -OCH3 is 2. The highest BCUT2D eigenvalue weighted by atomic mass is 16.5. The van der Waals surface area contributed by atoms with Gasteiger partial charge < -0.3 is 29.4 Å². The summed E-state index contributed by atoms with van der Waals surface area (Å²) in [6.45, 7) is 2.37. The van der Waals surface area contributed by atoms with Crippen molar-refractivity contribution in [3.8, 4) is 11.5 Å². The average Bonchev–Trinajstić information content (AvgIpc) is 3.30. The number of fused-ring (bicyclic) bond motifs is 1. The summed E-state index contributed by atoms with van der Waals surface area (Å²) >= 11 is 0. The number of anilines is 2. The molecule has 0 saturated carbocycles. The third kappa shape index (κ3) is 3.86. The number of rotatable bonds is 5. The van der Waals surface area contributed by atoms with E-state index in [2.05, 4.69) is 9.97 Å². The Labute approximate surface area is 173 Å². The van der Waals surface area contributed by atoms with E-state index in [1.807, 2.05) is 4.90 Å². The number of furan rings is 1. The van der Waals surface area contributed by atoms with Crippen LogP contribution in [0, 0.1) is 0 Å². The Balaban J connectivity index is 1.48. The van der Waals surface area contributed by atoms with Gasteiger partial charge in [0.25, 0.3) is 0 Å². The standard InChI is InChI=1S/C21H23N5O4/c1-28-17-11-15-16(12-18(17)29-2)23-21(24-20(15)22)26-8-6-25(7-9-26)19(27)4-3-14-5-10-30-13-14/h3-5,10-13H,6-9H2,1-2H3,(H2,22,23,24)/b4-3+. The zero-order chi connectivity index (χ0) is 21.1. The van der Waals surface area contributed by atoms with Crippen LogP contribution in [0.5, 0.6) is 11.5 Å². The van der Waals surface area contributed by atoms with Crippen molar-refractivity contribution in [2.45, 2.75) is 0 Å². The molecular weight excluding hydrogens is 386 g/mol. The van der Waals surface area contributed by atoms with Gasteiger partial charge in [-0.15, -0.1) is 0 Å². The molecule has 3 heterocycles. The molecule has 30 heavy (non-hydrogen) atoms. The van der Waals surface area contributed by atoms with E-state index in [0.717, 1.165) is 5.56 Å². The molecular formula is C21H23N5O4. The SMILES string of the molecule is COc1cc2nc(N3CCN(C(=O)/C=C/c4ccoc4)CC3)nc(N)c2cc1OC. The van der Waals surface area contributed by atoms with E-state index in [-0.39, 0.29) is 5.91 Å². The highest BCUT2D eigenvalue weighted by Gasteiger charge is 2.22. The number of benzene rings is 1. The summed E-state index contributed by atoms with van der Waals surface area (Å²) in [6, 6.07) is 5.36. The first-order chi connectivity index (χ1) is 14.6. The number of nitrogens with zero attached hydrogens (tertiary/aromatic N) is 4. The molecule has 1 aliphatic heterocycles. The van der Waals surface area contributed by atoms with Crippen LogP contribution in [0.1, 0.15) is 5.56 Å². The maximum Gasteiger partial charge on any atom is 0.246 e. The molecule has 0 spiro atoms. The van der Waals surface area contributed by atoms with Gasteiger partial charge in [0.15, 0.2) is 11.5 Å². The Bertz CT molecular complexity index is 1070. The fourth-order valence-electron chi connectivity index (χ4n) is 3.38. The summed E-state index contributed by atoms with van der Waals surface area (Å²) in [4.78, 5) is 25.3. The molecule has 0 radical (unpaired) electrons. The van der Waals surface area contributed by atoms with Crippen molar-refractivity contribution in [3.63, 3.8) is 0 Å². The minimum Gasteiger partial charge on any atom is -0.493 e. The first kappa shape index (κ1) is 19.6. The summed E-state index contributed by atoms with van der Waals surface area (Å²) in [5.74, 6) is 2.02. The average molecular weight is 409 g/mol. The number of carbonyl (C=O) groups is 1. The van der Waals surface area contributed by atoms with Gasteiger partial charge >= 0.3 is 0 Å². The van der Waals surface area contributed by atoms with Gasteiger partial charge in [0.2, 0.25) is 11.9 Å². The second kappa shape index (κ2) is 8.32. The molecule has 1 aliphatic rings. The Morgan fingerprint density at radius 2 is 1.87 bits per heavy atom. The van der Waals surface area contributed by atoms with E-state index in [9.17, 15) is 4.79 Å². The number of hydrogen-bond acceptors (Lipinski definition) is 8. The van der Waals surface area contributed by atoms with Gasteiger partial charge in [-0.3, -0.25) is 4.79 Å². The van der Waals surface area contributed by atoms with Crippen LogP contribution >= 0.6 is 0 Å². The van der Waals surface area contributed by atoms with Crippen molar-refractivity contribution in [1.82, 2.24) is 14.9 Å². The summed E-state index contributed by atoms with van der Waals surface area (Å²) in [5.41, 5.74) is 7.72. The number of ether oxygens (including phenoxy) is 2. The van der Waals surface area contributed by atoms with Crippen LogP contribution < -0.4 is 20.1 Å². The minimum absolute atomic E-state index is 0.0355. The number of carbonyl (C=O) groups excluding carboxylic acids is 1. The van der Waals surface area contributed by atoms with E-state index in [1.54, 1.807) is 62.0 Å². The molecule has 3 aromatic rings. The summed E-state index contributed by atoms with van der Waals surface area (Å²) in [7, 11) is 3.15. The minimum atomic E-state index is -0.0355. The lowest BCUT2D eigenvalue weighted by Crippen LogP contribution is -2.48. The molecule has 2 N–H and O–H groups in total. The van der Waals surface area contributed by atoms with Crippen LogP contribution in [-0.4, -0.2) is 61.2 Å². The zero-order valence-electron chi connectivity index (χ0n) is 16.9. The molecule has 9 heteroatoms. The van der Waals surface area contributed by atoms with Crippen LogP contribution in [0.2, 0.25) is 0 Å². The number of nitrogens with two attached hydrogens (primary N) is 1. The van der Waals surface area contributed by atoms with Gasteiger partial charge in [-0.25, -0.2) is 4.98 Å². The lowest BCUT2D eigenvalue weighted by Gasteiger charge is -2.34. The normalized spacial score (nSPS) is 14.5. The Hall–Kier alpha value is -3.75. The van der Waals surface area contributed by atoms with Crippen LogP contribution in [0.4, 0.5) is 11.8 Å². The predicted octanol–water partition coefficient (Wildman–Crippen LogP) is 2.18. The van der Waals surface area contributed by atoms with Crippen molar-refractivity contribution in [3.05, 3.63) is 42.4 Å². The van der Waals surface area contributed by atoms with Crippen LogP contribution in [-0.2, 0) is 4.79 Å². The number of aromatic nitrogens is 2. The molecule has 1 amide bonds. The Kier molecular flexibility index (Phi) is 5.42. The highest BCUT2D eigenvalue weighted by Crippen LogP contribution is 2.34. The Morgan fingerprint density at radius 1 is 1.13 bits per heavy atom. The summed E-state index contributed by atoms with van der Waals surface area (Å²) < 4.78 is 15.7. The van der Waals surface area contributed by atoms with Gasteiger partial charge in [-0.1, -0.05) is 0 Å². The maximum absolute atomic E-state index is 12.4. The number of hydrogen-bond donors (Lipinski definition) is 1. The van der Waals surface area contributed by atoms with E-state index in [0.29, 0.717) is 60.3 Å². The van der Waals surface area contributed by atoms with E-state index in [4.69, 9.17) is 19.6 Å². The molecule has 1 saturated heterocycles. The molecule has 0 unspecified atom stereocenters. The first-order valence-electron chi connectivity index (χ1n) is 9.52. The van der Waals surface area contributed by atoms with Crippen LogP contribution in [0.15, 0.2) is 41.2 Å². The van der Waals surface area contributed by atoms with Crippen molar-refractivity contribution >= 4 is 34.7 Å². The molecule has 2 aromatic heterocycles. The largest absolute Gasteiger partial charge is 0.493 e. The van der Waals surface area contributed by atoms with Crippen LogP contribution in [0.25, 0.3) is 17.0 Å². The van der Waals surface area contributed by atoms with Crippen molar-refractivity contribution in [2.24, 2.45) is 0 Å². The van der Waals surface area contributed by atoms with Gasteiger partial charge in [-0.05, 0) is 18.2 Å².